The molecule has 3 atom stereocenters. The number of aliphatic hydroxyl groups is 1. The van der Waals surface area contributed by atoms with Crippen LogP contribution in [0.2, 0.25) is 0 Å². The third-order valence-corrected chi connectivity index (χ3v) is 5.98. The highest BCUT2D eigenvalue weighted by Gasteiger charge is 2.38. The van der Waals surface area contributed by atoms with E-state index in [0.717, 1.165) is 6.07 Å². The number of halogens is 3. The number of rotatable bonds is 5. The van der Waals surface area contributed by atoms with Gasteiger partial charge in [0.2, 0.25) is 0 Å². The normalized spacial score (nSPS) is 24.5. The molecule has 4 rings (SSSR count). The van der Waals surface area contributed by atoms with Crippen molar-refractivity contribution in [2.24, 2.45) is 0 Å². The molecule has 0 bridgehead atoms. The lowest BCUT2D eigenvalue weighted by Gasteiger charge is -2.37. The van der Waals surface area contributed by atoms with Crippen molar-refractivity contribution in [3.05, 3.63) is 65.7 Å². The number of benzene rings is 2. The topological polar surface area (TPSA) is 65.0 Å². The molecular formula is C23H26F3N3O3. The Morgan fingerprint density at radius 2 is 1.78 bits per heavy atom. The molecule has 32 heavy (non-hydrogen) atoms. The predicted octanol–water partition coefficient (Wildman–Crippen LogP) is 2.39. The first-order valence-corrected chi connectivity index (χ1v) is 10.6. The van der Waals surface area contributed by atoms with E-state index >= 15 is 0 Å². The Labute approximate surface area is 184 Å². The van der Waals surface area contributed by atoms with Crippen molar-refractivity contribution in [2.45, 2.75) is 24.4 Å². The third kappa shape index (κ3) is 5.23. The Balaban J connectivity index is 1.27. The summed E-state index contributed by atoms with van der Waals surface area (Å²) in [5.41, 5.74) is 0.428. The van der Waals surface area contributed by atoms with Gasteiger partial charge in [-0.25, -0.2) is 0 Å². The molecule has 2 heterocycles. The highest BCUT2D eigenvalue weighted by Crippen LogP contribution is 2.32. The Kier molecular flexibility index (Phi) is 6.68. The number of ether oxygens (including phenoxy) is 1. The summed E-state index contributed by atoms with van der Waals surface area (Å²) in [6.07, 6.45) is -5.62. The molecule has 2 aromatic rings. The van der Waals surface area contributed by atoms with Crippen LogP contribution in [-0.2, 0) is 10.9 Å². The van der Waals surface area contributed by atoms with Gasteiger partial charge in [-0.15, -0.1) is 0 Å². The average molecular weight is 449 g/mol. The lowest BCUT2D eigenvalue weighted by molar-refractivity contribution is -0.137. The Morgan fingerprint density at radius 3 is 2.47 bits per heavy atom. The van der Waals surface area contributed by atoms with E-state index in [9.17, 15) is 23.1 Å². The van der Waals surface area contributed by atoms with Crippen LogP contribution in [0.1, 0.15) is 15.9 Å². The second-order valence-electron chi connectivity index (χ2n) is 8.14. The van der Waals surface area contributed by atoms with Gasteiger partial charge >= 0.3 is 6.18 Å². The third-order valence-electron chi connectivity index (χ3n) is 5.98. The molecule has 0 aromatic heterocycles. The van der Waals surface area contributed by atoms with Gasteiger partial charge in [0, 0.05) is 44.0 Å². The number of carbonyl (C=O) groups is 1. The Bertz CT molecular complexity index is 917. The molecule has 2 aliphatic heterocycles. The van der Waals surface area contributed by atoms with Gasteiger partial charge in [-0.2, -0.15) is 13.2 Å². The van der Waals surface area contributed by atoms with Gasteiger partial charge in [-0.3, -0.25) is 9.69 Å². The van der Waals surface area contributed by atoms with Crippen molar-refractivity contribution >= 4 is 11.6 Å². The number of anilines is 1. The van der Waals surface area contributed by atoms with Gasteiger partial charge in [0.05, 0.1) is 24.3 Å². The van der Waals surface area contributed by atoms with Crippen LogP contribution >= 0.6 is 0 Å². The SMILES string of the molecule is O=C(NC1COC(CN2CCN(c3cccc(C(F)(F)F)c3)CC2)C1O)c1ccccc1. The number of alkyl halides is 3. The van der Waals surface area contributed by atoms with Gasteiger partial charge in [-0.1, -0.05) is 24.3 Å². The fraction of sp³-hybridized carbons (Fsp3) is 0.435. The molecule has 0 spiro atoms. The number of hydrogen-bond acceptors (Lipinski definition) is 5. The first-order chi connectivity index (χ1) is 15.3. The van der Waals surface area contributed by atoms with Crippen LogP contribution in [0.4, 0.5) is 18.9 Å². The van der Waals surface area contributed by atoms with E-state index in [2.05, 4.69) is 10.2 Å². The van der Waals surface area contributed by atoms with E-state index in [-0.39, 0.29) is 12.5 Å². The minimum atomic E-state index is -4.36. The standard InChI is InChI=1S/C23H26F3N3O3/c24-23(25,26)17-7-4-8-18(13-17)29-11-9-28(10-12-29)14-20-21(30)19(15-32-20)27-22(31)16-5-2-1-3-6-16/h1-8,13,19-21,30H,9-12,14-15H2,(H,27,31). The van der Waals surface area contributed by atoms with Crippen molar-refractivity contribution in [3.63, 3.8) is 0 Å². The van der Waals surface area contributed by atoms with Crippen molar-refractivity contribution in [1.29, 1.82) is 0 Å². The van der Waals surface area contributed by atoms with E-state index in [1.807, 2.05) is 11.0 Å². The lowest BCUT2D eigenvalue weighted by Crippen LogP contribution is -2.51. The number of piperazine rings is 1. The number of hydrogen-bond donors (Lipinski definition) is 2. The average Bonchev–Trinajstić information content (AvgIpc) is 3.13. The second kappa shape index (κ2) is 9.48. The van der Waals surface area contributed by atoms with Gasteiger partial charge in [0.15, 0.2) is 0 Å². The first-order valence-electron chi connectivity index (χ1n) is 10.6. The lowest BCUT2D eigenvalue weighted by atomic mass is 10.1. The molecule has 1 amide bonds. The van der Waals surface area contributed by atoms with Crippen LogP contribution in [0.25, 0.3) is 0 Å². The molecule has 6 nitrogen and oxygen atoms in total. The van der Waals surface area contributed by atoms with Gasteiger partial charge in [0.1, 0.15) is 6.10 Å². The molecule has 2 fully saturated rings. The fourth-order valence-corrected chi connectivity index (χ4v) is 4.13. The number of amides is 1. The second-order valence-corrected chi connectivity index (χ2v) is 8.14. The van der Waals surface area contributed by atoms with Gasteiger partial charge in [-0.05, 0) is 30.3 Å². The van der Waals surface area contributed by atoms with Crippen LogP contribution in [0, 0.1) is 0 Å². The molecule has 0 aliphatic carbocycles. The summed E-state index contributed by atoms with van der Waals surface area (Å²) in [5, 5.41) is 13.5. The van der Waals surface area contributed by atoms with Gasteiger partial charge in [0.25, 0.3) is 5.91 Å². The highest BCUT2D eigenvalue weighted by molar-refractivity contribution is 5.94. The van der Waals surface area contributed by atoms with Crippen LogP contribution in [-0.4, -0.2) is 73.5 Å². The largest absolute Gasteiger partial charge is 0.416 e. The van der Waals surface area contributed by atoms with Crippen LogP contribution in [0.15, 0.2) is 54.6 Å². The minimum Gasteiger partial charge on any atom is -0.388 e. The fourth-order valence-electron chi connectivity index (χ4n) is 4.13. The number of nitrogens with one attached hydrogen (secondary N) is 1. The predicted molar refractivity (Wildman–Crippen MR) is 114 cm³/mol. The number of aliphatic hydroxyl groups excluding tert-OH is 1. The van der Waals surface area contributed by atoms with Crippen LogP contribution in [0.5, 0.6) is 0 Å². The molecule has 9 heteroatoms. The van der Waals surface area contributed by atoms with Crippen LogP contribution in [0.3, 0.4) is 0 Å². The summed E-state index contributed by atoms with van der Waals surface area (Å²) in [6, 6.07) is 13.7. The maximum atomic E-state index is 13.0. The molecule has 2 saturated heterocycles. The van der Waals surface area contributed by atoms with E-state index in [4.69, 9.17) is 4.74 Å². The molecular weight excluding hydrogens is 423 g/mol. The Morgan fingerprint density at radius 1 is 1.06 bits per heavy atom. The monoisotopic (exact) mass is 449 g/mol. The zero-order valence-electron chi connectivity index (χ0n) is 17.5. The molecule has 172 valence electrons. The van der Waals surface area contributed by atoms with Crippen molar-refractivity contribution in [2.75, 3.05) is 44.2 Å². The van der Waals surface area contributed by atoms with Crippen molar-refractivity contribution in [1.82, 2.24) is 10.2 Å². The molecule has 0 saturated carbocycles. The Hall–Kier alpha value is -2.62. The van der Waals surface area contributed by atoms with Gasteiger partial charge < -0.3 is 20.1 Å². The summed E-state index contributed by atoms with van der Waals surface area (Å²) >= 11 is 0. The molecule has 2 N–H and O–H groups in total. The first kappa shape index (κ1) is 22.6. The number of carbonyl (C=O) groups excluding carboxylic acids is 1. The van der Waals surface area contributed by atoms with Crippen molar-refractivity contribution in [3.8, 4) is 0 Å². The zero-order chi connectivity index (χ0) is 22.7. The van der Waals surface area contributed by atoms with Crippen LogP contribution < -0.4 is 10.2 Å². The van der Waals surface area contributed by atoms with Crippen molar-refractivity contribution < 1.29 is 27.8 Å². The molecule has 2 aliphatic rings. The summed E-state index contributed by atoms with van der Waals surface area (Å²) < 4.78 is 44.7. The quantitative estimate of drug-likeness (QED) is 0.734. The molecule has 0 radical (unpaired) electrons. The zero-order valence-corrected chi connectivity index (χ0v) is 17.5. The summed E-state index contributed by atoms with van der Waals surface area (Å²) in [6.45, 7) is 3.17. The van der Waals surface area contributed by atoms with E-state index < -0.39 is 30.0 Å². The molecule has 3 unspecified atom stereocenters. The summed E-state index contributed by atoms with van der Waals surface area (Å²) in [4.78, 5) is 16.4. The highest BCUT2D eigenvalue weighted by atomic mass is 19.4. The minimum absolute atomic E-state index is 0.231. The smallest absolute Gasteiger partial charge is 0.388 e. The molecule has 2 aromatic carbocycles. The summed E-state index contributed by atoms with van der Waals surface area (Å²) in [7, 11) is 0. The van der Waals surface area contributed by atoms with E-state index in [0.29, 0.717) is 44.0 Å². The van der Waals surface area contributed by atoms with E-state index in [1.54, 1.807) is 30.3 Å². The summed E-state index contributed by atoms with van der Waals surface area (Å²) in [5.74, 6) is -0.256. The number of nitrogens with zero attached hydrogens (tertiary/aromatic N) is 2. The van der Waals surface area contributed by atoms with E-state index in [1.165, 1.54) is 12.1 Å². The maximum absolute atomic E-state index is 13.0. The maximum Gasteiger partial charge on any atom is 0.416 e.